The molecule has 0 bridgehead atoms. The number of hydrogen-bond acceptors (Lipinski definition) is 4. The summed E-state index contributed by atoms with van der Waals surface area (Å²) in [6.07, 6.45) is 3.47. The largest absolute Gasteiger partial charge is 0.493 e. The summed E-state index contributed by atoms with van der Waals surface area (Å²) in [5.74, 6) is 0.661. The van der Waals surface area contributed by atoms with Gasteiger partial charge in [0, 0.05) is 23.2 Å². The van der Waals surface area contributed by atoms with E-state index in [1.807, 2.05) is 25.1 Å². The Morgan fingerprint density at radius 2 is 1.86 bits per heavy atom. The number of hydrogen-bond donors (Lipinski definition) is 1. The average molecular weight is 416 g/mol. The molecular weight excluding hydrogens is 398 g/mol. The Kier molecular flexibility index (Phi) is 4.97. The van der Waals surface area contributed by atoms with Crippen LogP contribution in [0.4, 0.5) is 0 Å². The van der Waals surface area contributed by atoms with Gasteiger partial charge in [0.15, 0.2) is 0 Å². The molecule has 4 aromatic rings. The number of nitrogens with one attached hydrogen (secondary N) is 1. The summed E-state index contributed by atoms with van der Waals surface area (Å²) in [7, 11) is -3.74. The van der Waals surface area contributed by atoms with Crippen molar-refractivity contribution < 1.29 is 13.2 Å². The monoisotopic (exact) mass is 415 g/mol. The Balaban J connectivity index is 1.65. The summed E-state index contributed by atoms with van der Waals surface area (Å²) in [4.78, 5) is 4.62. The maximum absolute atomic E-state index is 13.0. The molecule has 0 aliphatic rings. The van der Waals surface area contributed by atoms with E-state index in [1.165, 1.54) is 0 Å². The van der Waals surface area contributed by atoms with Crippen LogP contribution in [0.1, 0.15) is 12.6 Å². The fourth-order valence-corrected chi connectivity index (χ4v) is 4.48. The molecule has 2 aromatic heterocycles. The molecule has 6 nitrogen and oxygen atoms in total. The third-order valence-electron chi connectivity index (χ3n) is 4.34. The van der Waals surface area contributed by atoms with Crippen LogP contribution >= 0.6 is 11.6 Å². The first-order chi connectivity index (χ1) is 13.5. The van der Waals surface area contributed by atoms with Crippen LogP contribution in [0.3, 0.4) is 0 Å². The fourth-order valence-electron chi connectivity index (χ4n) is 3.11. The molecule has 0 aliphatic heterocycles. The molecule has 2 heterocycles. The second-order valence-corrected chi connectivity index (χ2v) is 8.38. The van der Waals surface area contributed by atoms with Gasteiger partial charge in [-0.2, -0.15) is 0 Å². The maximum atomic E-state index is 13.0. The van der Waals surface area contributed by atoms with Crippen LogP contribution in [0.15, 0.2) is 65.8 Å². The van der Waals surface area contributed by atoms with E-state index in [2.05, 4.69) is 9.71 Å². The maximum Gasteiger partial charge on any atom is 0.241 e. The first-order valence-electron chi connectivity index (χ1n) is 8.75. The van der Waals surface area contributed by atoms with Crippen LogP contribution in [0.5, 0.6) is 5.75 Å². The quantitative estimate of drug-likeness (QED) is 0.516. The number of nitrogens with zero attached hydrogens (tertiary/aromatic N) is 2. The van der Waals surface area contributed by atoms with E-state index in [4.69, 9.17) is 16.3 Å². The lowest BCUT2D eigenvalue weighted by Gasteiger charge is -2.12. The van der Waals surface area contributed by atoms with Crippen molar-refractivity contribution in [3.8, 4) is 5.75 Å². The third kappa shape index (κ3) is 3.56. The highest BCUT2D eigenvalue weighted by atomic mass is 35.5. The number of halogens is 1. The summed E-state index contributed by atoms with van der Waals surface area (Å²) in [6.45, 7) is 2.47. The number of ether oxygens (including phenoxy) is 1. The summed E-state index contributed by atoms with van der Waals surface area (Å²) < 4.78 is 35.9. The number of fused-ring (bicyclic) bond motifs is 2. The van der Waals surface area contributed by atoms with Gasteiger partial charge in [-0.15, -0.1) is 0 Å². The minimum absolute atomic E-state index is 0.0726. The van der Waals surface area contributed by atoms with Gasteiger partial charge in [0.25, 0.3) is 0 Å². The molecule has 0 fully saturated rings. The predicted molar refractivity (Wildman–Crippen MR) is 109 cm³/mol. The Bertz CT molecular complexity index is 1270. The molecule has 0 radical (unpaired) electrons. The van der Waals surface area contributed by atoms with Gasteiger partial charge in [-0.1, -0.05) is 35.9 Å². The average Bonchev–Trinajstić information content (AvgIpc) is 3.09. The Labute approximate surface area is 167 Å². The molecule has 28 heavy (non-hydrogen) atoms. The zero-order valence-corrected chi connectivity index (χ0v) is 16.7. The molecule has 0 spiro atoms. The van der Waals surface area contributed by atoms with Gasteiger partial charge in [-0.05, 0) is 31.2 Å². The molecule has 0 saturated heterocycles. The highest BCUT2D eigenvalue weighted by Crippen LogP contribution is 2.31. The minimum Gasteiger partial charge on any atom is -0.493 e. The molecule has 0 aliphatic carbocycles. The van der Waals surface area contributed by atoms with Crippen molar-refractivity contribution in [2.75, 3.05) is 6.61 Å². The minimum atomic E-state index is -3.74. The van der Waals surface area contributed by atoms with Crippen LogP contribution in [-0.2, 0) is 16.6 Å². The van der Waals surface area contributed by atoms with Gasteiger partial charge in [0.1, 0.15) is 11.4 Å². The van der Waals surface area contributed by atoms with Crippen LogP contribution < -0.4 is 9.46 Å². The van der Waals surface area contributed by atoms with Crippen LogP contribution in [0.25, 0.3) is 16.4 Å². The van der Waals surface area contributed by atoms with Gasteiger partial charge >= 0.3 is 0 Å². The van der Waals surface area contributed by atoms with Crippen molar-refractivity contribution in [2.45, 2.75) is 18.4 Å². The molecule has 1 N–H and O–H groups in total. The molecular formula is C20H18ClN3O3S. The van der Waals surface area contributed by atoms with E-state index in [-0.39, 0.29) is 11.4 Å². The third-order valence-corrected chi connectivity index (χ3v) is 6.02. The van der Waals surface area contributed by atoms with Gasteiger partial charge in [0.2, 0.25) is 10.0 Å². The standard InChI is InChI=1S/C20H18ClN3O3S/c1-2-27-18-8-9-19(17-6-4-3-5-16(17)18)28(25,26)22-11-15-13-24-12-14(21)7-10-20(24)23-15/h3-10,12-13,22H,2,11H2,1H3. The zero-order valence-electron chi connectivity index (χ0n) is 15.1. The molecule has 0 atom stereocenters. The normalized spacial score (nSPS) is 11.9. The lowest BCUT2D eigenvalue weighted by Crippen LogP contribution is -2.23. The van der Waals surface area contributed by atoms with E-state index in [0.717, 1.165) is 5.39 Å². The van der Waals surface area contributed by atoms with E-state index in [1.54, 1.807) is 47.1 Å². The first kappa shape index (κ1) is 18.7. The van der Waals surface area contributed by atoms with Crippen LogP contribution in [0, 0.1) is 0 Å². The molecule has 0 unspecified atom stereocenters. The lowest BCUT2D eigenvalue weighted by molar-refractivity contribution is 0.344. The van der Waals surface area contributed by atoms with Gasteiger partial charge in [-0.3, -0.25) is 0 Å². The number of aromatic nitrogens is 2. The van der Waals surface area contributed by atoms with Crippen molar-refractivity contribution >= 4 is 38.0 Å². The number of benzene rings is 2. The second kappa shape index (κ2) is 7.43. The smallest absolute Gasteiger partial charge is 0.241 e. The molecule has 4 rings (SSSR count). The fraction of sp³-hybridized carbons (Fsp3) is 0.150. The number of imidazole rings is 1. The van der Waals surface area contributed by atoms with Gasteiger partial charge in [-0.25, -0.2) is 18.1 Å². The van der Waals surface area contributed by atoms with Crippen molar-refractivity contribution in [1.29, 1.82) is 0 Å². The van der Waals surface area contributed by atoms with E-state index < -0.39 is 10.0 Å². The molecule has 0 amide bonds. The Hall–Kier alpha value is -2.61. The van der Waals surface area contributed by atoms with E-state index in [0.29, 0.717) is 34.1 Å². The van der Waals surface area contributed by atoms with Gasteiger partial charge in [0.05, 0.1) is 28.8 Å². The summed E-state index contributed by atoms with van der Waals surface area (Å²) in [6, 6.07) is 14.1. The number of pyridine rings is 1. The van der Waals surface area contributed by atoms with Gasteiger partial charge < -0.3 is 9.14 Å². The summed E-state index contributed by atoms with van der Waals surface area (Å²) >= 11 is 5.98. The summed E-state index contributed by atoms with van der Waals surface area (Å²) in [5.41, 5.74) is 1.30. The number of sulfonamides is 1. The Morgan fingerprint density at radius 1 is 1.07 bits per heavy atom. The number of rotatable bonds is 6. The lowest BCUT2D eigenvalue weighted by atomic mass is 10.1. The molecule has 8 heteroatoms. The highest BCUT2D eigenvalue weighted by molar-refractivity contribution is 7.89. The van der Waals surface area contributed by atoms with Crippen molar-refractivity contribution in [1.82, 2.24) is 14.1 Å². The van der Waals surface area contributed by atoms with Crippen molar-refractivity contribution in [3.63, 3.8) is 0 Å². The van der Waals surface area contributed by atoms with Crippen LogP contribution in [0.2, 0.25) is 5.02 Å². The molecule has 144 valence electrons. The van der Waals surface area contributed by atoms with E-state index >= 15 is 0 Å². The highest BCUT2D eigenvalue weighted by Gasteiger charge is 2.19. The predicted octanol–water partition coefficient (Wildman–Crippen LogP) is 4.02. The first-order valence-corrected chi connectivity index (χ1v) is 10.6. The topological polar surface area (TPSA) is 72.7 Å². The molecule has 2 aromatic carbocycles. The van der Waals surface area contributed by atoms with Crippen LogP contribution in [-0.4, -0.2) is 24.4 Å². The second-order valence-electron chi connectivity index (χ2n) is 6.21. The summed E-state index contributed by atoms with van der Waals surface area (Å²) in [5, 5.41) is 1.95. The van der Waals surface area contributed by atoms with Crippen molar-refractivity contribution in [2.24, 2.45) is 0 Å². The zero-order chi connectivity index (χ0) is 19.7. The van der Waals surface area contributed by atoms with Crippen molar-refractivity contribution in [3.05, 3.63) is 71.6 Å². The Morgan fingerprint density at radius 3 is 2.64 bits per heavy atom. The molecule has 0 saturated carbocycles. The SMILES string of the molecule is CCOc1ccc(S(=O)(=O)NCc2cn3cc(Cl)ccc3n2)c2ccccc12. The van der Waals surface area contributed by atoms with E-state index in [9.17, 15) is 8.42 Å².